The van der Waals surface area contributed by atoms with Gasteiger partial charge in [0.25, 0.3) is 0 Å². The first-order valence-corrected chi connectivity index (χ1v) is 7.89. The number of hydrogen-bond acceptors (Lipinski definition) is 2. The van der Waals surface area contributed by atoms with E-state index >= 15 is 0 Å². The van der Waals surface area contributed by atoms with Gasteiger partial charge in [-0.1, -0.05) is 48.9 Å². The Bertz CT molecular complexity index is 550. The van der Waals surface area contributed by atoms with E-state index in [2.05, 4.69) is 48.5 Å². The van der Waals surface area contributed by atoms with E-state index in [9.17, 15) is 0 Å². The molecule has 2 atom stereocenters. The summed E-state index contributed by atoms with van der Waals surface area (Å²) in [5.74, 6) is 1.47. The third-order valence-corrected chi connectivity index (χ3v) is 4.39. The highest BCUT2D eigenvalue weighted by Gasteiger charge is 2.25. The zero-order chi connectivity index (χ0) is 14.5. The predicted octanol–water partition coefficient (Wildman–Crippen LogP) is 4.25. The molecule has 2 unspecified atom stereocenters. The van der Waals surface area contributed by atoms with Crippen LogP contribution in [0.2, 0.25) is 0 Å². The minimum Gasteiger partial charge on any atom is -0.490 e. The van der Waals surface area contributed by atoms with Crippen LogP contribution >= 0.6 is 0 Å². The molecule has 21 heavy (non-hydrogen) atoms. The molecule has 0 radical (unpaired) electrons. The van der Waals surface area contributed by atoms with Crippen LogP contribution in [0.4, 0.5) is 0 Å². The summed E-state index contributed by atoms with van der Waals surface area (Å²) in [5, 5.41) is 0. The Labute approximate surface area is 126 Å². The molecule has 2 aromatic carbocycles. The maximum atomic E-state index is 6.17. The fourth-order valence-corrected chi connectivity index (χ4v) is 3.13. The Morgan fingerprint density at radius 3 is 2.24 bits per heavy atom. The Hall–Kier alpha value is -1.80. The molecule has 0 amide bonds. The highest BCUT2D eigenvalue weighted by atomic mass is 16.5. The number of benzene rings is 2. The summed E-state index contributed by atoms with van der Waals surface area (Å²) in [5.41, 5.74) is 8.33. The normalized spacial score (nSPS) is 22.0. The number of ether oxygens (including phenoxy) is 1. The van der Waals surface area contributed by atoms with E-state index in [1.54, 1.807) is 0 Å². The van der Waals surface area contributed by atoms with Gasteiger partial charge in [0, 0.05) is 5.92 Å². The summed E-state index contributed by atoms with van der Waals surface area (Å²) in [6.07, 6.45) is 5.15. The van der Waals surface area contributed by atoms with E-state index < -0.39 is 0 Å². The number of hydrogen-bond donors (Lipinski definition) is 1. The zero-order valence-corrected chi connectivity index (χ0v) is 12.4. The van der Waals surface area contributed by atoms with E-state index in [-0.39, 0.29) is 6.10 Å². The molecule has 110 valence electrons. The van der Waals surface area contributed by atoms with Crippen LogP contribution in [-0.2, 0) is 0 Å². The first kappa shape index (κ1) is 14.2. The molecule has 2 N–H and O–H groups in total. The van der Waals surface area contributed by atoms with Crippen molar-refractivity contribution in [2.75, 3.05) is 6.54 Å². The monoisotopic (exact) mass is 281 g/mol. The first-order chi connectivity index (χ1) is 10.4. The van der Waals surface area contributed by atoms with E-state index in [1.165, 1.54) is 30.4 Å². The van der Waals surface area contributed by atoms with Crippen molar-refractivity contribution in [2.45, 2.75) is 31.8 Å². The number of nitrogens with two attached hydrogens (primary N) is 1. The molecule has 0 heterocycles. The van der Waals surface area contributed by atoms with Crippen LogP contribution in [0.25, 0.3) is 11.1 Å². The lowest BCUT2D eigenvalue weighted by Crippen LogP contribution is -2.35. The van der Waals surface area contributed by atoms with Crippen molar-refractivity contribution >= 4 is 0 Å². The van der Waals surface area contributed by atoms with Gasteiger partial charge in [-0.15, -0.1) is 0 Å². The van der Waals surface area contributed by atoms with Crippen LogP contribution in [-0.4, -0.2) is 12.6 Å². The lowest BCUT2D eigenvalue weighted by Gasteiger charge is -2.31. The molecule has 1 aliphatic rings. The molecule has 0 aromatic heterocycles. The van der Waals surface area contributed by atoms with Crippen molar-refractivity contribution < 1.29 is 4.74 Å². The van der Waals surface area contributed by atoms with E-state index in [0.29, 0.717) is 5.92 Å². The molecule has 1 aliphatic carbocycles. The molecule has 2 heteroatoms. The zero-order valence-electron chi connectivity index (χ0n) is 12.4. The summed E-state index contributed by atoms with van der Waals surface area (Å²) in [6.45, 7) is 0.729. The van der Waals surface area contributed by atoms with Gasteiger partial charge in [0.2, 0.25) is 0 Å². The van der Waals surface area contributed by atoms with E-state index in [4.69, 9.17) is 10.5 Å². The fourth-order valence-electron chi connectivity index (χ4n) is 3.13. The topological polar surface area (TPSA) is 35.2 Å². The van der Waals surface area contributed by atoms with Gasteiger partial charge in [-0.25, -0.2) is 0 Å². The summed E-state index contributed by atoms with van der Waals surface area (Å²) < 4.78 is 6.17. The van der Waals surface area contributed by atoms with Crippen molar-refractivity contribution in [1.82, 2.24) is 0 Å². The van der Waals surface area contributed by atoms with E-state index in [1.807, 2.05) is 6.07 Å². The summed E-state index contributed by atoms with van der Waals surface area (Å²) in [6, 6.07) is 18.8. The Balaban J connectivity index is 1.69. The molecular formula is C19H23NO. The minimum atomic E-state index is 0.284. The largest absolute Gasteiger partial charge is 0.490 e. The Morgan fingerprint density at radius 2 is 1.52 bits per heavy atom. The van der Waals surface area contributed by atoms with Crippen LogP contribution in [0.5, 0.6) is 5.75 Å². The second-order valence-electron chi connectivity index (χ2n) is 5.83. The van der Waals surface area contributed by atoms with E-state index in [0.717, 1.165) is 18.7 Å². The second-order valence-corrected chi connectivity index (χ2v) is 5.83. The van der Waals surface area contributed by atoms with Crippen LogP contribution in [0.3, 0.4) is 0 Å². The Kier molecular flexibility index (Phi) is 4.56. The molecule has 2 nitrogen and oxygen atoms in total. The fraction of sp³-hybridized carbons (Fsp3) is 0.368. The average molecular weight is 281 g/mol. The predicted molar refractivity (Wildman–Crippen MR) is 87.3 cm³/mol. The SMILES string of the molecule is NCC1CCCCC1Oc1ccc(-c2ccccc2)cc1. The third-order valence-electron chi connectivity index (χ3n) is 4.39. The molecule has 0 saturated heterocycles. The third kappa shape index (κ3) is 3.45. The first-order valence-electron chi connectivity index (χ1n) is 7.89. The average Bonchev–Trinajstić information content (AvgIpc) is 2.57. The highest BCUT2D eigenvalue weighted by Crippen LogP contribution is 2.29. The molecule has 3 rings (SSSR count). The van der Waals surface area contributed by atoms with Gasteiger partial charge in [-0.3, -0.25) is 0 Å². The molecule has 1 saturated carbocycles. The molecule has 0 bridgehead atoms. The van der Waals surface area contributed by atoms with Crippen LogP contribution in [0.1, 0.15) is 25.7 Å². The molecule has 2 aromatic rings. The molecule has 1 fully saturated rings. The van der Waals surface area contributed by atoms with Crippen molar-refractivity contribution in [3.8, 4) is 16.9 Å². The van der Waals surface area contributed by atoms with Gasteiger partial charge < -0.3 is 10.5 Å². The van der Waals surface area contributed by atoms with Gasteiger partial charge in [0.15, 0.2) is 0 Å². The summed E-state index contributed by atoms with van der Waals surface area (Å²) >= 11 is 0. The van der Waals surface area contributed by atoms with Crippen LogP contribution in [0, 0.1) is 5.92 Å². The molecule has 0 spiro atoms. The van der Waals surface area contributed by atoms with Crippen molar-refractivity contribution in [1.29, 1.82) is 0 Å². The van der Waals surface area contributed by atoms with Gasteiger partial charge in [-0.2, -0.15) is 0 Å². The highest BCUT2D eigenvalue weighted by molar-refractivity contribution is 5.63. The van der Waals surface area contributed by atoms with Crippen LogP contribution < -0.4 is 10.5 Å². The Morgan fingerprint density at radius 1 is 0.857 bits per heavy atom. The van der Waals surface area contributed by atoms with Crippen LogP contribution in [0.15, 0.2) is 54.6 Å². The quantitative estimate of drug-likeness (QED) is 0.909. The maximum absolute atomic E-state index is 6.17. The van der Waals surface area contributed by atoms with Gasteiger partial charge >= 0.3 is 0 Å². The summed E-state index contributed by atoms with van der Waals surface area (Å²) in [4.78, 5) is 0. The summed E-state index contributed by atoms with van der Waals surface area (Å²) in [7, 11) is 0. The standard InChI is InChI=1S/C19H23NO/c20-14-17-8-4-5-9-19(17)21-18-12-10-16(11-13-18)15-6-2-1-3-7-15/h1-3,6-7,10-13,17,19H,4-5,8-9,14,20H2. The molecular weight excluding hydrogens is 258 g/mol. The lowest BCUT2D eigenvalue weighted by atomic mass is 9.86. The maximum Gasteiger partial charge on any atom is 0.119 e. The van der Waals surface area contributed by atoms with Crippen molar-refractivity contribution in [3.63, 3.8) is 0 Å². The van der Waals surface area contributed by atoms with Gasteiger partial charge in [0.1, 0.15) is 11.9 Å². The lowest BCUT2D eigenvalue weighted by molar-refractivity contribution is 0.0970. The second kappa shape index (κ2) is 6.77. The molecule has 0 aliphatic heterocycles. The van der Waals surface area contributed by atoms with Gasteiger partial charge in [-0.05, 0) is 49.1 Å². The number of rotatable bonds is 4. The smallest absolute Gasteiger partial charge is 0.119 e. The van der Waals surface area contributed by atoms with Crippen molar-refractivity contribution in [2.24, 2.45) is 11.7 Å². The van der Waals surface area contributed by atoms with Crippen molar-refractivity contribution in [3.05, 3.63) is 54.6 Å². The van der Waals surface area contributed by atoms with Gasteiger partial charge in [0.05, 0.1) is 0 Å². The minimum absolute atomic E-state index is 0.284.